The maximum Gasteiger partial charge on any atom is 0.0978 e. The van der Waals surface area contributed by atoms with Gasteiger partial charge < -0.3 is 0 Å². The zero-order chi connectivity index (χ0) is 68.3. The van der Waals surface area contributed by atoms with Gasteiger partial charge in [0.15, 0.2) is 0 Å². The highest BCUT2D eigenvalue weighted by molar-refractivity contribution is 6.28. The summed E-state index contributed by atoms with van der Waals surface area (Å²) in [4.78, 5) is 21.1. The molecule has 0 N–H and O–H groups in total. The summed E-state index contributed by atoms with van der Waals surface area (Å²) in [5.41, 5.74) is 29.2. The summed E-state index contributed by atoms with van der Waals surface area (Å²) in [6.45, 7) is 4.75. The Morgan fingerprint density at radius 1 is 0.212 bits per heavy atom. The van der Waals surface area contributed by atoms with Crippen LogP contribution in [0, 0.1) is 0 Å². The second-order valence-electron chi connectivity index (χ2n) is 29.4. The average Bonchev–Trinajstić information content (AvgIpc) is 1.50. The van der Waals surface area contributed by atoms with Gasteiger partial charge in [-0.2, -0.15) is 0 Å². The fourth-order valence-corrected chi connectivity index (χ4v) is 19.3. The number of pyridine rings is 4. The summed E-state index contributed by atoms with van der Waals surface area (Å²) in [6.07, 6.45) is 3.77. The first-order valence-corrected chi connectivity index (χ1v) is 36.1. The van der Waals surface area contributed by atoms with Gasteiger partial charge in [0, 0.05) is 50.5 Å². The molecule has 0 bridgehead atoms. The van der Waals surface area contributed by atoms with Crippen LogP contribution >= 0.6 is 0 Å². The monoisotopic (exact) mass is 1320 g/mol. The van der Waals surface area contributed by atoms with Crippen LogP contribution in [-0.2, 0) is 10.8 Å². The normalized spacial score (nSPS) is 13.6. The van der Waals surface area contributed by atoms with E-state index in [4.69, 9.17) is 19.9 Å². The van der Waals surface area contributed by atoms with Crippen molar-refractivity contribution in [2.24, 2.45) is 0 Å². The van der Waals surface area contributed by atoms with Gasteiger partial charge in [-0.1, -0.05) is 275 Å². The van der Waals surface area contributed by atoms with Gasteiger partial charge in [0.25, 0.3) is 0 Å². The molecular formula is C100H60N4. The summed E-state index contributed by atoms with van der Waals surface area (Å²) in [5.74, 6) is 0. The van der Waals surface area contributed by atoms with E-state index in [-0.39, 0.29) is 5.41 Å². The molecule has 4 heteroatoms. The molecule has 0 amide bonds. The predicted octanol–water partition coefficient (Wildman–Crippen LogP) is 25.8. The highest BCUT2D eigenvalue weighted by atomic mass is 14.8. The van der Waals surface area contributed by atoms with Crippen LogP contribution in [0.4, 0.5) is 0 Å². The van der Waals surface area contributed by atoms with Crippen LogP contribution in [0.15, 0.2) is 328 Å². The number of rotatable bonds is 5. The van der Waals surface area contributed by atoms with Crippen LogP contribution in [0.5, 0.6) is 0 Å². The number of aromatic nitrogens is 4. The molecule has 0 atom stereocenters. The first-order valence-electron chi connectivity index (χ1n) is 36.1. The van der Waals surface area contributed by atoms with E-state index >= 15 is 0 Å². The van der Waals surface area contributed by atoms with E-state index in [2.05, 4.69) is 317 Å². The van der Waals surface area contributed by atoms with E-state index in [0.717, 1.165) is 77.3 Å². The Bertz CT molecular complexity index is 7200. The van der Waals surface area contributed by atoms with Crippen molar-refractivity contribution in [2.45, 2.75) is 24.7 Å². The maximum atomic E-state index is 5.80. The van der Waals surface area contributed by atoms with E-state index in [1.165, 1.54) is 154 Å². The molecule has 3 aliphatic carbocycles. The van der Waals surface area contributed by atoms with Crippen molar-refractivity contribution < 1.29 is 0 Å². The molecule has 104 heavy (non-hydrogen) atoms. The minimum Gasteiger partial charge on any atom is -0.254 e. The van der Waals surface area contributed by atoms with Crippen molar-refractivity contribution in [1.29, 1.82) is 0 Å². The average molecular weight is 1320 g/mol. The van der Waals surface area contributed by atoms with Gasteiger partial charge in [0.2, 0.25) is 0 Å². The van der Waals surface area contributed by atoms with E-state index in [9.17, 15) is 0 Å². The fourth-order valence-electron chi connectivity index (χ4n) is 19.3. The molecule has 20 aromatic rings. The lowest BCUT2D eigenvalue weighted by Crippen LogP contribution is -2.25. The summed E-state index contributed by atoms with van der Waals surface area (Å²) in [7, 11) is 0. The van der Waals surface area contributed by atoms with E-state index in [0.29, 0.717) is 0 Å². The maximum absolute atomic E-state index is 5.80. The third-order valence-corrected chi connectivity index (χ3v) is 23.9. The Labute approximate surface area is 599 Å². The number of benzene rings is 16. The highest BCUT2D eigenvalue weighted by Crippen LogP contribution is 2.65. The lowest BCUT2D eigenvalue weighted by atomic mass is 9.70. The summed E-state index contributed by atoms with van der Waals surface area (Å²) < 4.78 is 0. The summed E-state index contributed by atoms with van der Waals surface area (Å²) in [6, 6.07) is 119. The second kappa shape index (κ2) is 21.2. The molecule has 4 nitrogen and oxygen atoms in total. The fraction of sp³-hybridized carbons (Fsp3) is 0.0400. The van der Waals surface area contributed by atoms with Crippen molar-refractivity contribution in [3.63, 3.8) is 0 Å². The molecule has 0 saturated carbocycles. The Morgan fingerprint density at radius 2 is 0.596 bits per heavy atom. The van der Waals surface area contributed by atoms with E-state index in [1.54, 1.807) is 0 Å². The molecule has 16 aromatic carbocycles. The van der Waals surface area contributed by atoms with Crippen molar-refractivity contribution in [3.05, 3.63) is 361 Å². The van der Waals surface area contributed by atoms with Crippen molar-refractivity contribution in [1.82, 2.24) is 19.9 Å². The molecule has 0 radical (unpaired) electrons. The van der Waals surface area contributed by atoms with Gasteiger partial charge in [-0.05, 0) is 219 Å². The smallest absolute Gasteiger partial charge is 0.0978 e. The molecular weight excluding hydrogens is 1260 g/mol. The first-order chi connectivity index (χ1) is 51.3. The van der Waals surface area contributed by atoms with Crippen LogP contribution < -0.4 is 0 Å². The lowest BCUT2D eigenvalue weighted by molar-refractivity contribution is 0.660. The van der Waals surface area contributed by atoms with Gasteiger partial charge in [0.05, 0.1) is 38.9 Å². The first kappa shape index (κ1) is 57.5. The van der Waals surface area contributed by atoms with Crippen molar-refractivity contribution >= 4 is 108 Å². The molecule has 0 aliphatic heterocycles. The van der Waals surface area contributed by atoms with Crippen molar-refractivity contribution in [2.75, 3.05) is 0 Å². The molecule has 23 rings (SSSR count). The minimum absolute atomic E-state index is 0.230. The van der Waals surface area contributed by atoms with Crippen LogP contribution in [-0.4, -0.2) is 19.9 Å². The predicted molar refractivity (Wildman–Crippen MR) is 434 cm³/mol. The van der Waals surface area contributed by atoms with Crippen LogP contribution in [0.2, 0.25) is 0 Å². The molecule has 480 valence electrons. The highest BCUT2D eigenvalue weighted by Gasteiger charge is 2.52. The Hall–Kier alpha value is -13.3. The van der Waals surface area contributed by atoms with Crippen LogP contribution in [0.1, 0.15) is 47.2 Å². The standard InChI is InChI=1S/C100H60N4/c1-99(2)85-46-39-63(91-48-41-59-34-33-57-17-15-49-101-95(57)97(59)103-91)54-83(85)93-65(27-13-31-89(93)99)61-37-43-74-70-22-5-6-23-71(70)75-44-38-62(53-82(75)81(74)52-61)79-56-92(104-98-78(79)45-35-58-18-16-50-102-96(58)98)64-40-47-88-84(55-64)94-66(28-14-32-90(94)100(88)86-29-11-9-25-76(86)77-26-10-12-30-87(77)100)60-36-42-73-69-21-4-3-19-67(69)68-20-7-8-24-72(68)80(73)51-60/h3-56H,1-2H3. The quantitative estimate of drug-likeness (QED) is 0.161. The van der Waals surface area contributed by atoms with Gasteiger partial charge in [-0.25, -0.2) is 9.97 Å². The third-order valence-electron chi connectivity index (χ3n) is 23.9. The number of hydrogen-bond acceptors (Lipinski definition) is 4. The van der Waals surface area contributed by atoms with E-state index in [1.807, 2.05) is 24.5 Å². The SMILES string of the molecule is CC1(C)c2ccc(-c3ccc4ccc5cccnc5c4n3)cc2-c2c(-c3ccc4c5ccccc5c5ccc(-c6cc(-c7ccc8c(c7)-c7c(-c9ccc%10c%11ccccc%11c%11ccccc%11c%10c9)cccc7C87c8ccccc8-c8ccccc87)nc7c6ccc6cccnc67)cc5c4c3)cccc21. The van der Waals surface area contributed by atoms with Crippen LogP contribution in [0.25, 0.3) is 198 Å². The molecule has 4 heterocycles. The summed E-state index contributed by atoms with van der Waals surface area (Å²) in [5, 5.41) is 19.2. The largest absolute Gasteiger partial charge is 0.254 e. The molecule has 3 aliphatic rings. The molecule has 0 fully saturated rings. The van der Waals surface area contributed by atoms with Gasteiger partial charge >= 0.3 is 0 Å². The zero-order valence-electron chi connectivity index (χ0n) is 57.0. The Morgan fingerprint density at radius 3 is 1.18 bits per heavy atom. The second-order valence-corrected chi connectivity index (χ2v) is 29.4. The van der Waals surface area contributed by atoms with Crippen molar-refractivity contribution in [3.8, 4) is 89.3 Å². The number of hydrogen-bond donors (Lipinski definition) is 0. The zero-order valence-corrected chi connectivity index (χ0v) is 57.0. The summed E-state index contributed by atoms with van der Waals surface area (Å²) >= 11 is 0. The number of fused-ring (bicyclic) bond motifs is 31. The minimum atomic E-state index is -0.567. The van der Waals surface area contributed by atoms with Gasteiger partial charge in [-0.15, -0.1) is 0 Å². The molecule has 4 aromatic heterocycles. The molecule has 0 unspecified atom stereocenters. The molecule has 1 spiro atoms. The third kappa shape index (κ3) is 7.81. The Kier molecular flexibility index (Phi) is 11.7. The van der Waals surface area contributed by atoms with E-state index < -0.39 is 5.41 Å². The van der Waals surface area contributed by atoms with Gasteiger partial charge in [0.1, 0.15) is 0 Å². The lowest BCUT2D eigenvalue weighted by Gasteiger charge is -2.30. The molecule has 0 saturated heterocycles. The Balaban J connectivity index is 0.724. The number of nitrogens with zero attached hydrogens (tertiary/aromatic N) is 4. The van der Waals surface area contributed by atoms with Gasteiger partial charge in [-0.3, -0.25) is 9.97 Å². The van der Waals surface area contributed by atoms with Crippen LogP contribution in [0.3, 0.4) is 0 Å². The topological polar surface area (TPSA) is 51.6 Å².